The van der Waals surface area contributed by atoms with E-state index < -0.39 is 5.82 Å². The fourth-order valence-corrected chi connectivity index (χ4v) is 0.787. The number of halogens is 1. The second-order valence-electron chi connectivity index (χ2n) is 2.25. The van der Waals surface area contributed by atoms with E-state index in [0.717, 1.165) is 6.20 Å². The molecule has 60 valence electrons. The molecule has 0 saturated heterocycles. The minimum absolute atomic E-state index is 0.0158. The summed E-state index contributed by atoms with van der Waals surface area (Å²) in [5.74, 6) is 1.23. The van der Waals surface area contributed by atoms with Crippen molar-refractivity contribution in [2.45, 2.75) is 6.92 Å². The van der Waals surface area contributed by atoms with Gasteiger partial charge in [-0.2, -0.15) is 0 Å². The van der Waals surface area contributed by atoms with Gasteiger partial charge in [0.1, 0.15) is 5.69 Å². The topological polar surface area (TPSA) is 30.0 Å². The van der Waals surface area contributed by atoms with Crippen LogP contribution in [-0.2, 0) is 0 Å². The first-order valence-electron chi connectivity index (χ1n) is 3.28. The van der Waals surface area contributed by atoms with Gasteiger partial charge in [0.25, 0.3) is 0 Å². The Balaban J connectivity index is 3.28. The fourth-order valence-electron chi connectivity index (χ4n) is 0.787. The fraction of sp³-hybridized carbons (Fsp3) is 0.111. The van der Waals surface area contributed by atoms with Crippen molar-refractivity contribution in [1.29, 1.82) is 0 Å². The van der Waals surface area contributed by atoms with E-state index in [1.807, 2.05) is 0 Å². The third kappa shape index (κ3) is 1.48. The van der Waals surface area contributed by atoms with Gasteiger partial charge in [-0.3, -0.25) is 4.79 Å². The Morgan fingerprint density at radius 3 is 2.92 bits per heavy atom. The molecule has 0 saturated carbocycles. The van der Waals surface area contributed by atoms with E-state index in [0.29, 0.717) is 0 Å². The summed E-state index contributed by atoms with van der Waals surface area (Å²) in [7, 11) is 0. The maximum Gasteiger partial charge on any atom is 0.162 e. The highest BCUT2D eigenvalue weighted by Gasteiger charge is 2.07. The third-order valence-electron chi connectivity index (χ3n) is 1.38. The van der Waals surface area contributed by atoms with E-state index in [1.54, 1.807) is 0 Å². The average Bonchev–Trinajstić information content (AvgIpc) is 2.05. The molecule has 2 nitrogen and oxygen atoms in total. The number of ketones is 1. The van der Waals surface area contributed by atoms with Crippen LogP contribution >= 0.6 is 0 Å². The molecule has 0 unspecified atom stereocenters. The average molecular weight is 163 g/mol. The maximum absolute atomic E-state index is 12.8. The van der Waals surface area contributed by atoms with Crippen LogP contribution in [-0.4, -0.2) is 10.8 Å². The van der Waals surface area contributed by atoms with Crippen molar-refractivity contribution < 1.29 is 9.18 Å². The quantitative estimate of drug-likeness (QED) is 0.462. The molecule has 0 spiro atoms. The summed E-state index contributed by atoms with van der Waals surface area (Å²) in [6, 6.07) is 1.26. The summed E-state index contributed by atoms with van der Waals surface area (Å²) in [5.41, 5.74) is 0.250. The number of hydrogen-bond acceptors (Lipinski definition) is 2. The van der Waals surface area contributed by atoms with Gasteiger partial charge >= 0.3 is 0 Å². The number of aromatic nitrogens is 1. The summed E-state index contributed by atoms with van der Waals surface area (Å²) in [4.78, 5) is 14.4. The summed E-state index contributed by atoms with van der Waals surface area (Å²) in [6.45, 7) is 1.28. The minimum Gasteiger partial charge on any atom is -0.294 e. The smallest absolute Gasteiger partial charge is 0.162 e. The Hall–Kier alpha value is -1.69. The summed E-state index contributed by atoms with van der Waals surface area (Å²) in [6.07, 6.45) is 5.97. The van der Waals surface area contributed by atoms with Gasteiger partial charge in [0.05, 0.1) is 11.8 Å². The van der Waals surface area contributed by atoms with E-state index in [2.05, 4.69) is 10.9 Å². The molecule has 0 radical (unpaired) electrons. The molecule has 3 heteroatoms. The molecule has 1 rings (SSSR count). The van der Waals surface area contributed by atoms with E-state index in [4.69, 9.17) is 6.42 Å². The zero-order valence-corrected chi connectivity index (χ0v) is 6.47. The highest BCUT2D eigenvalue weighted by molar-refractivity contribution is 5.94. The molecule has 0 aromatic carbocycles. The first-order chi connectivity index (χ1) is 5.65. The van der Waals surface area contributed by atoms with Gasteiger partial charge in [-0.05, 0) is 13.0 Å². The molecule has 0 aliphatic rings. The van der Waals surface area contributed by atoms with E-state index >= 15 is 0 Å². The largest absolute Gasteiger partial charge is 0.294 e. The van der Waals surface area contributed by atoms with Gasteiger partial charge in [0, 0.05) is 0 Å². The van der Waals surface area contributed by atoms with Crippen molar-refractivity contribution in [2.75, 3.05) is 0 Å². The lowest BCUT2D eigenvalue weighted by atomic mass is 10.1. The van der Waals surface area contributed by atoms with Gasteiger partial charge in [-0.15, -0.1) is 6.42 Å². The predicted molar refractivity (Wildman–Crippen MR) is 42.1 cm³/mol. The molecule has 12 heavy (non-hydrogen) atoms. The zero-order chi connectivity index (χ0) is 9.14. The molecule has 0 bridgehead atoms. The lowest BCUT2D eigenvalue weighted by Gasteiger charge is -1.97. The van der Waals surface area contributed by atoms with Gasteiger partial charge in [0.2, 0.25) is 0 Å². The van der Waals surface area contributed by atoms with Crippen molar-refractivity contribution in [3.63, 3.8) is 0 Å². The number of Topliss-reactive ketones (excluding diaryl/α,β-unsaturated/α-hetero) is 1. The number of rotatable bonds is 1. The number of terminal acetylenes is 1. The highest BCUT2D eigenvalue weighted by Crippen LogP contribution is 2.07. The first kappa shape index (κ1) is 8.41. The van der Waals surface area contributed by atoms with Crippen LogP contribution < -0.4 is 0 Å². The van der Waals surface area contributed by atoms with Crippen LogP contribution in [0.15, 0.2) is 12.3 Å². The van der Waals surface area contributed by atoms with Crippen LogP contribution in [0.2, 0.25) is 0 Å². The molecule has 0 aliphatic carbocycles. The summed E-state index contributed by atoms with van der Waals surface area (Å²) >= 11 is 0. The van der Waals surface area contributed by atoms with Crippen molar-refractivity contribution in [3.05, 3.63) is 29.3 Å². The van der Waals surface area contributed by atoms with E-state index in [1.165, 1.54) is 13.0 Å². The normalized spacial score (nSPS) is 9.08. The van der Waals surface area contributed by atoms with Gasteiger partial charge < -0.3 is 0 Å². The summed E-state index contributed by atoms with van der Waals surface area (Å²) < 4.78 is 12.8. The molecule has 0 amide bonds. The van der Waals surface area contributed by atoms with E-state index in [9.17, 15) is 9.18 Å². The van der Waals surface area contributed by atoms with Crippen LogP contribution in [0.4, 0.5) is 4.39 Å². The molecule has 0 aliphatic heterocycles. The van der Waals surface area contributed by atoms with Gasteiger partial charge in [0.15, 0.2) is 11.6 Å². The number of pyridine rings is 1. The Bertz CT molecular complexity index is 365. The van der Waals surface area contributed by atoms with Crippen molar-refractivity contribution in [3.8, 4) is 12.3 Å². The predicted octanol–water partition coefficient (Wildman–Crippen LogP) is 1.40. The highest BCUT2D eigenvalue weighted by atomic mass is 19.1. The van der Waals surface area contributed by atoms with Crippen molar-refractivity contribution in [2.24, 2.45) is 0 Å². The standard InChI is InChI=1S/C9H6FNO/c1-3-7-4-8(6(2)12)9(10)5-11-7/h1,4-5H,2H3. The molecule has 1 heterocycles. The lowest BCUT2D eigenvalue weighted by molar-refractivity contribution is 0.101. The molecule has 0 atom stereocenters. The molecule has 0 fully saturated rings. The molecule has 1 aromatic rings. The Morgan fingerprint density at radius 2 is 2.42 bits per heavy atom. The first-order valence-corrected chi connectivity index (χ1v) is 3.28. The van der Waals surface area contributed by atoms with Crippen LogP contribution in [0, 0.1) is 18.2 Å². The van der Waals surface area contributed by atoms with Crippen LogP contribution in [0.5, 0.6) is 0 Å². The number of hydrogen-bond donors (Lipinski definition) is 0. The van der Waals surface area contributed by atoms with Crippen LogP contribution in [0.3, 0.4) is 0 Å². The monoisotopic (exact) mass is 163 g/mol. The Labute approximate surface area is 69.4 Å². The van der Waals surface area contributed by atoms with Crippen molar-refractivity contribution in [1.82, 2.24) is 4.98 Å². The van der Waals surface area contributed by atoms with Crippen LogP contribution in [0.1, 0.15) is 23.0 Å². The number of carbonyl (C=O) groups excluding carboxylic acids is 1. The maximum atomic E-state index is 12.8. The SMILES string of the molecule is C#Cc1cc(C(C)=O)c(F)cn1. The second-order valence-corrected chi connectivity index (χ2v) is 2.25. The Kier molecular flexibility index (Phi) is 2.20. The minimum atomic E-state index is -0.638. The van der Waals surface area contributed by atoms with E-state index in [-0.39, 0.29) is 17.0 Å². The number of carbonyl (C=O) groups is 1. The molecular formula is C9H6FNO. The second kappa shape index (κ2) is 3.14. The molecule has 1 aromatic heterocycles. The van der Waals surface area contributed by atoms with Crippen LogP contribution in [0.25, 0.3) is 0 Å². The third-order valence-corrected chi connectivity index (χ3v) is 1.38. The number of nitrogens with zero attached hydrogens (tertiary/aromatic N) is 1. The molecular weight excluding hydrogens is 157 g/mol. The van der Waals surface area contributed by atoms with Gasteiger partial charge in [-0.25, -0.2) is 9.37 Å². The zero-order valence-electron chi connectivity index (χ0n) is 6.47. The van der Waals surface area contributed by atoms with Crippen molar-refractivity contribution >= 4 is 5.78 Å². The Morgan fingerprint density at radius 1 is 1.75 bits per heavy atom. The lowest BCUT2D eigenvalue weighted by Crippen LogP contribution is -1.99. The summed E-state index contributed by atoms with van der Waals surface area (Å²) in [5, 5.41) is 0. The molecule has 0 N–H and O–H groups in total. The van der Waals surface area contributed by atoms with Gasteiger partial charge in [-0.1, -0.05) is 5.92 Å².